The molecule has 4 rings (SSSR count). The van der Waals surface area contributed by atoms with Gasteiger partial charge in [0.1, 0.15) is 11.8 Å². The summed E-state index contributed by atoms with van der Waals surface area (Å²) < 4.78 is 4.90. The fourth-order valence-electron chi connectivity index (χ4n) is 6.44. The molecule has 37 heavy (non-hydrogen) atoms. The van der Waals surface area contributed by atoms with Crippen LogP contribution in [0.3, 0.4) is 0 Å². The molecule has 3 heterocycles. The van der Waals surface area contributed by atoms with Crippen molar-refractivity contribution in [2.24, 2.45) is 17.8 Å². The SMILES string of the molecule is CCCCNC(=O)C1N(CCCCCO)C(=O)[C@@H]2[C@@H](C(=O)Nc3ccc(OCC)cc3)[C@H]3CC(C)C12S3. The zero-order valence-corrected chi connectivity index (χ0v) is 23.0. The summed E-state index contributed by atoms with van der Waals surface area (Å²) in [7, 11) is 0. The Morgan fingerprint density at radius 2 is 1.89 bits per heavy atom. The third-order valence-corrected chi connectivity index (χ3v) is 10.2. The van der Waals surface area contributed by atoms with E-state index in [0.29, 0.717) is 31.8 Å². The van der Waals surface area contributed by atoms with Crippen LogP contribution in [0.1, 0.15) is 59.3 Å². The lowest BCUT2D eigenvalue weighted by Gasteiger charge is -2.38. The van der Waals surface area contributed by atoms with E-state index in [1.807, 2.05) is 31.2 Å². The van der Waals surface area contributed by atoms with Gasteiger partial charge in [-0.3, -0.25) is 14.4 Å². The summed E-state index contributed by atoms with van der Waals surface area (Å²) in [5.41, 5.74) is 0.670. The standard InChI is InChI=1S/C28H41N3O5S/c1-4-6-14-29-26(34)24-28-18(3)17-21(37-28)22(23(28)27(35)31(24)15-8-7-9-16-32)25(33)30-19-10-12-20(13-11-19)36-5-2/h10-13,18,21-24,32H,4-9,14-17H2,1-3H3,(H,29,34)(H,30,33)/t18?,21-,22+,23+,24?,28?/m1/s1. The first kappa shape index (κ1) is 27.8. The Hall–Kier alpha value is -2.26. The van der Waals surface area contributed by atoms with E-state index in [1.54, 1.807) is 16.7 Å². The van der Waals surface area contributed by atoms with Crippen molar-refractivity contribution < 1.29 is 24.2 Å². The molecule has 3 aliphatic heterocycles. The number of carbonyl (C=O) groups is 3. The topological polar surface area (TPSA) is 108 Å². The molecule has 0 aliphatic carbocycles. The van der Waals surface area contributed by atoms with Crippen molar-refractivity contribution in [3.8, 4) is 5.75 Å². The first-order chi connectivity index (χ1) is 17.9. The quantitative estimate of drug-likeness (QED) is 0.337. The highest BCUT2D eigenvalue weighted by Gasteiger charge is 2.75. The van der Waals surface area contributed by atoms with E-state index < -0.39 is 22.6 Å². The highest BCUT2D eigenvalue weighted by Crippen LogP contribution is 2.68. The highest BCUT2D eigenvalue weighted by atomic mass is 32.2. The van der Waals surface area contributed by atoms with E-state index in [4.69, 9.17) is 4.74 Å². The lowest BCUT2D eigenvalue weighted by atomic mass is 9.66. The number of anilines is 1. The van der Waals surface area contributed by atoms with Gasteiger partial charge in [-0.15, -0.1) is 11.8 Å². The van der Waals surface area contributed by atoms with Crippen LogP contribution in [0.25, 0.3) is 0 Å². The maximum Gasteiger partial charge on any atom is 0.244 e. The number of hydrogen-bond acceptors (Lipinski definition) is 6. The molecule has 0 saturated carbocycles. The monoisotopic (exact) mass is 531 g/mol. The average molecular weight is 532 g/mol. The van der Waals surface area contributed by atoms with Gasteiger partial charge in [0.05, 0.1) is 23.2 Å². The summed E-state index contributed by atoms with van der Waals surface area (Å²) >= 11 is 1.70. The molecule has 3 amide bonds. The number of fused-ring (bicyclic) bond motifs is 1. The van der Waals surface area contributed by atoms with Gasteiger partial charge in [0.15, 0.2) is 0 Å². The van der Waals surface area contributed by atoms with E-state index in [9.17, 15) is 19.5 Å². The van der Waals surface area contributed by atoms with Gasteiger partial charge >= 0.3 is 0 Å². The Morgan fingerprint density at radius 3 is 2.57 bits per heavy atom. The first-order valence-corrected chi connectivity index (χ1v) is 14.7. The van der Waals surface area contributed by atoms with Crippen molar-refractivity contribution >= 4 is 35.2 Å². The molecule has 3 N–H and O–H groups in total. The Balaban J connectivity index is 1.59. The summed E-state index contributed by atoms with van der Waals surface area (Å²) in [5, 5.41) is 15.3. The number of nitrogens with zero attached hydrogens (tertiary/aromatic N) is 1. The second-order valence-electron chi connectivity index (χ2n) is 10.5. The third-order valence-electron chi connectivity index (χ3n) is 8.12. The minimum Gasteiger partial charge on any atom is -0.494 e. The number of hydrogen-bond donors (Lipinski definition) is 3. The lowest BCUT2D eigenvalue weighted by molar-refractivity contribution is -0.139. The molecule has 1 aromatic carbocycles. The fraction of sp³-hybridized carbons (Fsp3) is 0.679. The number of thioether (sulfide) groups is 1. The molecule has 0 radical (unpaired) electrons. The summed E-state index contributed by atoms with van der Waals surface area (Å²) in [6.07, 6.45) is 4.85. The molecule has 0 aromatic heterocycles. The molecule has 2 bridgehead atoms. The molecule has 1 spiro atoms. The molecule has 3 saturated heterocycles. The largest absolute Gasteiger partial charge is 0.494 e. The zero-order valence-electron chi connectivity index (χ0n) is 22.2. The molecule has 3 fully saturated rings. The molecule has 1 aromatic rings. The van der Waals surface area contributed by atoms with E-state index in [2.05, 4.69) is 24.5 Å². The van der Waals surface area contributed by atoms with E-state index in [1.165, 1.54) is 0 Å². The molecule has 3 aliphatic rings. The van der Waals surface area contributed by atoms with Gasteiger partial charge in [0, 0.05) is 30.6 Å². The Bertz CT molecular complexity index is 973. The number of aliphatic hydroxyl groups is 1. The Labute approximate surface area is 224 Å². The van der Waals surface area contributed by atoms with E-state index in [-0.39, 0.29) is 35.5 Å². The summed E-state index contributed by atoms with van der Waals surface area (Å²) in [4.78, 5) is 43.0. The maximum atomic E-state index is 14.0. The van der Waals surface area contributed by atoms with Crippen molar-refractivity contribution in [2.45, 2.75) is 75.3 Å². The van der Waals surface area contributed by atoms with Crippen LogP contribution in [0.5, 0.6) is 5.75 Å². The summed E-state index contributed by atoms with van der Waals surface area (Å²) in [5.74, 6) is -0.436. The van der Waals surface area contributed by atoms with Crippen LogP contribution < -0.4 is 15.4 Å². The number of likely N-dealkylation sites (tertiary alicyclic amines) is 1. The van der Waals surface area contributed by atoms with Crippen molar-refractivity contribution in [2.75, 3.05) is 31.6 Å². The van der Waals surface area contributed by atoms with Gasteiger partial charge in [-0.2, -0.15) is 0 Å². The number of aliphatic hydroxyl groups excluding tert-OH is 1. The predicted molar refractivity (Wildman–Crippen MR) is 145 cm³/mol. The van der Waals surface area contributed by atoms with Gasteiger partial charge in [-0.05, 0) is 69.2 Å². The number of carbonyl (C=O) groups excluding carboxylic acids is 3. The van der Waals surface area contributed by atoms with Crippen LogP contribution in [0.4, 0.5) is 5.69 Å². The van der Waals surface area contributed by atoms with Crippen LogP contribution in [0.2, 0.25) is 0 Å². The van der Waals surface area contributed by atoms with Crippen LogP contribution in [0, 0.1) is 17.8 Å². The number of unbranched alkanes of at least 4 members (excludes halogenated alkanes) is 3. The molecule has 9 heteroatoms. The van der Waals surface area contributed by atoms with Crippen molar-refractivity contribution in [1.82, 2.24) is 10.2 Å². The van der Waals surface area contributed by atoms with Crippen molar-refractivity contribution in [1.29, 1.82) is 0 Å². The Kier molecular flexibility index (Phi) is 9.06. The van der Waals surface area contributed by atoms with Crippen molar-refractivity contribution in [3.63, 3.8) is 0 Å². The fourth-order valence-corrected chi connectivity index (χ4v) is 8.87. The third kappa shape index (κ3) is 5.21. The van der Waals surface area contributed by atoms with E-state index >= 15 is 0 Å². The van der Waals surface area contributed by atoms with Gasteiger partial charge in [0.2, 0.25) is 17.7 Å². The molecule has 204 valence electrons. The summed E-state index contributed by atoms with van der Waals surface area (Å²) in [6, 6.07) is 6.70. The highest BCUT2D eigenvalue weighted by molar-refractivity contribution is 8.02. The normalized spacial score (nSPS) is 29.9. The van der Waals surface area contributed by atoms with Crippen molar-refractivity contribution in [3.05, 3.63) is 24.3 Å². The molecule has 8 nitrogen and oxygen atoms in total. The molecular weight excluding hydrogens is 490 g/mol. The predicted octanol–water partition coefficient (Wildman–Crippen LogP) is 3.44. The number of amides is 3. The number of rotatable bonds is 13. The number of ether oxygens (including phenoxy) is 1. The van der Waals surface area contributed by atoms with Gasteiger partial charge in [0.25, 0.3) is 0 Å². The first-order valence-electron chi connectivity index (χ1n) is 13.8. The minimum absolute atomic E-state index is 0.00845. The number of benzene rings is 1. The van der Waals surface area contributed by atoms with Crippen LogP contribution in [-0.4, -0.2) is 70.1 Å². The van der Waals surface area contributed by atoms with Crippen LogP contribution >= 0.6 is 11.8 Å². The average Bonchev–Trinajstić information content (AvgIpc) is 3.47. The molecule has 3 unspecified atom stereocenters. The lowest BCUT2D eigenvalue weighted by Crippen LogP contribution is -2.56. The second kappa shape index (κ2) is 12.1. The van der Waals surface area contributed by atoms with Gasteiger partial charge in [-0.1, -0.05) is 20.3 Å². The zero-order chi connectivity index (χ0) is 26.6. The maximum absolute atomic E-state index is 14.0. The van der Waals surface area contributed by atoms with Gasteiger partial charge < -0.3 is 25.4 Å². The smallest absolute Gasteiger partial charge is 0.244 e. The number of nitrogens with one attached hydrogen (secondary N) is 2. The van der Waals surface area contributed by atoms with Crippen LogP contribution in [-0.2, 0) is 14.4 Å². The van der Waals surface area contributed by atoms with Crippen LogP contribution in [0.15, 0.2) is 24.3 Å². The molecular formula is C28H41N3O5S. The minimum atomic E-state index is -0.601. The molecule has 6 atom stereocenters. The second-order valence-corrected chi connectivity index (χ2v) is 12.0. The van der Waals surface area contributed by atoms with E-state index in [0.717, 1.165) is 37.9 Å². The van der Waals surface area contributed by atoms with Gasteiger partial charge in [-0.25, -0.2) is 0 Å². The summed E-state index contributed by atoms with van der Waals surface area (Å²) in [6.45, 7) is 7.87. The Morgan fingerprint density at radius 1 is 1.14 bits per heavy atom.